The van der Waals surface area contributed by atoms with Gasteiger partial charge in [0.1, 0.15) is 5.78 Å². The van der Waals surface area contributed by atoms with Gasteiger partial charge in [0.05, 0.1) is 19.1 Å². The van der Waals surface area contributed by atoms with E-state index in [1.165, 1.54) is 7.11 Å². The van der Waals surface area contributed by atoms with Gasteiger partial charge in [0.15, 0.2) is 0 Å². The summed E-state index contributed by atoms with van der Waals surface area (Å²) in [5.74, 6) is 0.557. The maximum atomic E-state index is 12.5. The molecule has 0 heterocycles. The summed E-state index contributed by atoms with van der Waals surface area (Å²) in [4.78, 5) is 24.8. The number of hydrogen-bond donors (Lipinski definition) is 1. The lowest BCUT2D eigenvalue weighted by Gasteiger charge is -2.61. The molecule has 4 saturated carbocycles. The van der Waals surface area contributed by atoms with Crippen LogP contribution in [-0.2, 0) is 14.3 Å². The minimum atomic E-state index is -0.443. The second kappa shape index (κ2) is 5.17. The molecule has 4 heteroatoms. The lowest BCUT2D eigenvalue weighted by Crippen LogP contribution is -2.58. The van der Waals surface area contributed by atoms with E-state index in [4.69, 9.17) is 4.74 Å². The predicted octanol–water partition coefficient (Wildman–Crippen LogP) is 2.89. The highest BCUT2D eigenvalue weighted by Crippen LogP contribution is 2.70. The Hall–Kier alpha value is -1.16. The maximum absolute atomic E-state index is 12.5. The molecule has 0 amide bonds. The molecule has 4 fully saturated rings. The standard InChI is InChI=1S/C20H28O4/c1-11-12-4-5-16-19(2)10-13(21)8-14(18(23)24-3)15(19)6-7-20(16,9-12)17(11)22/h12,14-17,22H,1,4-10H2,2-3H3/t12-,14-,15-,16+,17-,19-,20-/m1/s1. The zero-order valence-corrected chi connectivity index (χ0v) is 14.7. The van der Waals surface area contributed by atoms with E-state index in [1.807, 2.05) is 0 Å². The normalized spacial score (nSPS) is 50.2. The number of ketones is 1. The van der Waals surface area contributed by atoms with Crippen LogP contribution in [0.15, 0.2) is 12.2 Å². The highest BCUT2D eigenvalue weighted by Gasteiger charge is 2.66. The van der Waals surface area contributed by atoms with E-state index < -0.39 is 6.10 Å². The Bertz CT molecular complexity index is 611. The van der Waals surface area contributed by atoms with E-state index in [9.17, 15) is 14.7 Å². The fourth-order valence-corrected chi connectivity index (χ4v) is 7.18. The summed E-state index contributed by atoms with van der Waals surface area (Å²) < 4.78 is 5.01. The van der Waals surface area contributed by atoms with Crippen LogP contribution in [0, 0.1) is 34.5 Å². The minimum Gasteiger partial charge on any atom is -0.469 e. The van der Waals surface area contributed by atoms with Crippen LogP contribution in [-0.4, -0.2) is 30.1 Å². The first-order valence-corrected chi connectivity index (χ1v) is 9.30. The van der Waals surface area contributed by atoms with Gasteiger partial charge in [-0.15, -0.1) is 0 Å². The van der Waals surface area contributed by atoms with Crippen molar-refractivity contribution in [2.24, 2.45) is 34.5 Å². The lowest BCUT2D eigenvalue weighted by atomic mass is 9.43. The molecular formula is C20H28O4. The van der Waals surface area contributed by atoms with Gasteiger partial charge in [-0.3, -0.25) is 9.59 Å². The third-order valence-corrected chi connectivity index (χ3v) is 8.12. The highest BCUT2D eigenvalue weighted by atomic mass is 16.5. The number of Topliss-reactive ketones (excluding diaryl/α,β-unsaturated/α-hetero) is 1. The zero-order valence-electron chi connectivity index (χ0n) is 14.7. The third kappa shape index (κ3) is 1.89. The average molecular weight is 332 g/mol. The minimum absolute atomic E-state index is 0.121. The maximum Gasteiger partial charge on any atom is 0.309 e. The SMILES string of the molecule is C=C1[C@@H]2CC[C@H]3[C@]4(C)CC(=O)C[C@@H](C(=O)OC)[C@H]4CC[C@]3(C2)[C@@H]1O. The van der Waals surface area contributed by atoms with Crippen molar-refractivity contribution in [2.75, 3.05) is 7.11 Å². The zero-order chi connectivity index (χ0) is 17.3. The predicted molar refractivity (Wildman–Crippen MR) is 89.0 cm³/mol. The first kappa shape index (κ1) is 16.3. The number of rotatable bonds is 1. The van der Waals surface area contributed by atoms with Crippen LogP contribution in [0.5, 0.6) is 0 Å². The first-order chi connectivity index (χ1) is 11.3. The second-order valence-electron chi connectivity index (χ2n) is 8.94. The van der Waals surface area contributed by atoms with Crippen LogP contribution in [0.2, 0.25) is 0 Å². The van der Waals surface area contributed by atoms with Gasteiger partial charge >= 0.3 is 5.97 Å². The van der Waals surface area contributed by atoms with E-state index in [0.29, 0.717) is 24.7 Å². The van der Waals surface area contributed by atoms with Gasteiger partial charge in [-0.05, 0) is 60.8 Å². The number of aliphatic hydroxyl groups excluding tert-OH is 1. The topological polar surface area (TPSA) is 63.6 Å². The van der Waals surface area contributed by atoms with E-state index in [1.54, 1.807) is 0 Å². The molecule has 1 spiro atoms. The van der Waals surface area contributed by atoms with Crippen molar-refractivity contribution in [2.45, 2.75) is 58.0 Å². The molecule has 4 aliphatic rings. The van der Waals surface area contributed by atoms with E-state index >= 15 is 0 Å². The van der Waals surface area contributed by atoms with Crippen molar-refractivity contribution in [3.63, 3.8) is 0 Å². The molecule has 0 aromatic carbocycles. The van der Waals surface area contributed by atoms with Crippen molar-refractivity contribution in [1.82, 2.24) is 0 Å². The molecule has 0 unspecified atom stereocenters. The fraction of sp³-hybridized carbons (Fsp3) is 0.800. The van der Waals surface area contributed by atoms with Gasteiger partial charge in [-0.2, -0.15) is 0 Å². The van der Waals surface area contributed by atoms with Crippen molar-refractivity contribution >= 4 is 11.8 Å². The van der Waals surface area contributed by atoms with Crippen LogP contribution < -0.4 is 0 Å². The Labute approximate surface area is 143 Å². The molecule has 4 aliphatic carbocycles. The van der Waals surface area contributed by atoms with Crippen LogP contribution in [0.3, 0.4) is 0 Å². The van der Waals surface area contributed by atoms with Crippen LogP contribution >= 0.6 is 0 Å². The number of fused-ring (bicyclic) bond motifs is 3. The van der Waals surface area contributed by atoms with Gasteiger partial charge in [-0.25, -0.2) is 0 Å². The average Bonchev–Trinajstić information content (AvgIpc) is 2.73. The number of ether oxygens (including phenoxy) is 1. The van der Waals surface area contributed by atoms with Gasteiger partial charge in [0.2, 0.25) is 0 Å². The van der Waals surface area contributed by atoms with E-state index in [0.717, 1.165) is 37.7 Å². The highest BCUT2D eigenvalue weighted by molar-refractivity contribution is 5.87. The van der Waals surface area contributed by atoms with Gasteiger partial charge in [0, 0.05) is 18.3 Å². The molecule has 0 radical (unpaired) electrons. The van der Waals surface area contributed by atoms with Crippen LogP contribution in [0.4, 0.5) is 0 Å². The van der Waals surface area contributed by atoms with Gasteiger partial charge in [0.25, 0.3) is 0 Å². The lowest BCUT2D eigenvalue weighted by molar-refractivity contribution is -0.177. The van der Waals surface area contributed by atoms with Gasteiger partial charge in [-0.1, -0.05) is 13.5 Å². The number of hydrogen-bond acceptors (Lipinski definition) is 4. The smallest absolute Gasteiger partial charge is 0.309 e. The third-order valence-electron chi connectivity index (χ3n) is 8.12. The Kier molecular flexibility index (Phi) is 3.51. The molecule has 132 valence electrons. The number of carbonyl (C=O) groups is 2. The van der Waals surface area contributed by atoms with Crippen molar-refractivity contribution in [3.05, 3.63) is 12.2 Å². The van der Waals surface area contributed by atoms with Crippen molar-refractivity contribution < 1.29 is 19.4 Å². The Morgan fingerprint density at radius 1 is 1.33 bits per heavy atom. The molecule has 7 atom stereocenters. The quantitative estimate of drug-likeness (QED) is 0.592. The summed E-state index contributed by atoms with van der Waals surface area (Å²) >= 11 is 0. The number of aliphatic hydroxyl groups is 1. The van der Waals surface area contributed by atoms with Crippen molar-refractivity contribution in [3.8, 4) is 0 Å². The largest absolute Gasteiger partial charge is 0.469 e. The fourth-order valence-electron chi connectivity index (χ4n) is 7.18. The van der Waals surface area contributed by atoms with Crippen LogP contribution in [0.25, 0.3) is 0 Å². The summed E-state index contributed by atoms with van der Waals surface area (Å²) in [5.41, 5.74) is 0.679. The Balaban J connectivity index is 1.75. The number of carbonyl (C=O) groups excluding carboxylic acids is 2. The monoisotopic (exact) mass is 332 g/mol. The summed E-state index contributed by atoms with van der Waals surface area (Å²) in [6, 6.07) is 0. The first-order valence-electron chi connectivity index (χ1n) is 9.30. The van der Waals surface area contributed by atoms with Gasteiger partial charge < -0.3 is 9.84 Å². The molecule has 0 saturated heterocycles. The molecule has 0 aliphatic heterocycles. The molecule has 0 aromatic rings. The molecule has 2 bridgehead atoms. The van der Waals surface area contributed by atoms with Crippen molar-refractivity contribution in [1.29, 1.82) is 0 Å². The van der Waals surface area contributed by atoms with E-state index in [-0.39, 0.29) is 34.4 Å². The molecule has 24 heavy (non-hydrogen) atoms. The summed E-state index contributed by atoms with van der Waals surface area (Å²) in [6.45, 7) is 6.37. The number of esters is 1. The summed E-state index contributed by atoms with van der Waals surface area (Å²) in [6.07, 6.45) is 5.37. The van der Waals surface area contributed by atoms with Crippen LogP contribution in [0.1, 0.15) is 51.9 Å². The Morgan fingerprint density at radius 3 is 2.79 bits per heavy atom. The second-order valence-corrected chi connectivity index (χ2v) is 8.94. The summed E-state index contributed by atoms with van der Waals surface area (Å²) in [7, 11) is 1.42. The summed E-state index contributed by atoms with van der Waals surface area (Å²) in [5, 5.41) is 11.0. The Morgan fingerprint density at radius 2 is 2.08 bits per heavy atom. The molecule has 0 aromatic heterocycles. The molecule has 4 rings (SSSR count). The van der Waals surface area contributed by atoms with E-state index in [2.05, 4.69) is 13.5 Å². The molecular weight excluding hydrogens is 304 g/mol. The molecule has 4 nitrogen and oxygen atoms in total. The number of methoxy groups -OCH3 is 1. The molecule has 1 N–H and O–H groups in total.